The van der Waals surface area contributed by atoms with E-state index in [0.29, 0.717) is 0 Å². The van der Waals surface area contributed by atoms with Gasteiger partial charge in [-0.25, -0.2) is 0 Å². The smallest absolute Gasteiger partial charge is 0.0783 e. The molecule has 0 amide bonds. The number of quaternary nitrogens is 1. The quantitative estimate of drug-likeness (QED) is 0.328. The number of hydrogen-bond acceptors (Lipinski definition) is 1. The van der Waals surface area contributed by atoms with E-state index in [9.17, 15) is 5.21 Å². The van der Waals surface area contributed by atoms with Crippen molar-refractivity contribution >= 4 is 0 Å². The molecule has 0 saturated carbocycles. The molecule has 102 valence electrons. The lowest BCUT2D eigenvalue weighted by atomic mass is 10.1. The van der Waals surface area contributed by atoms with Crippen LogP contribution in [0.25, 0.3) is 0 Å². The van der Waals surface area contributed by atoms with Crippen LogP contribution in [0.3, 0.4) is 0 Å². The molecule has 2 heteroatoms. The summed E-state index contributed by atoms with van der Waals surface area (Å²) in [5.41, 5.74) is 0. The average molecular weight is 241 g/mol. The fourth-order valence-electron chi connectivity index (χ4n) is 2.85. The molecule has 2 nitrogen and oxygen atoms in total. The summed E-state index contributed by atoms with van der Waals surface area (Å²) >= 11 is 0. The zero-order chi connectivity index (χ0) is 12.4. The van der Waals surface area contributed by atoms with Crippen molar-refractivity contribution in [1.82, 2.24) is 0 Å². The highest BCUT2D eigenvalue weighted by Gasteiger charge is 2.19. The Bertz CT molecular complexity index is 176. The van der Waals surface area contributed by atoms with E-state index in [4.69, 9.17) is 0 Å². The molecule has 0 aliphatic carbocycles. The monoisotopic (exact) mass is 241 g/mol. The first-order valence-electron chi connectivity index (χ1n) is 7.84. The number of piperidine rings is 1. The zero-order valence-electron chi connectivity index (χ0n) is 11.8. The van der Waals surface area contributed by atoms with E-state index >= 15 is 0 Å². The number of rotatable bonds is 9. The van der Waals surface area contributed by atoms with Crippen molar-refractivity contribution in [2.75, 3.05) is 19.6 Å². The van der Waals surface area contributed by atoms with Crippen LogP contribution in [0, 0.1) is 5.21 Å². The first-order valence-corrected chi connectivity index (χ1v) is 7.84. The summed E-state index contributed by atoms with van der Waals surface area (Å²) in [7, 11) is 0. The third kappa shape index (κ3) is 7.05. The summed E-state index contributed by atoms with van der Waals surface area (Å²) < 4.78 is 0.121. The minimum Gasteiger partial charge on any atom is -0.633 e. The van der Waals surface area contributed by atoms with E-state index in [2.05, 4.69) is 6.92 Å². The van der Waals surface area contributed by atoms with E-state index in [0.717, 1.165) is 38.9 Å². The number of hydrogen-bond donors (Lipinski definition) is 0. The number of hydroxylamine groups is 3. The topological polar surface area (TPSA) is 23.1 Å². The van der Waals surface area contributed by atoms with E-state index in [-0.39, 0.29) is 4.65 Å². The molecule has 0 radical (unpaired) electrons. The van der Waals surface area contributed by atoms with Crippen LogP contribution in [-0.2, 0) is 0 Å². The normalized spacial score (nSPS) is 19.4. The van der Waals surface area contributed by atoms with E-state index in [1.807, 2.05) is 0 Å². The van der Waals surface area contributed by atoms with E-state index in [1.165, 1.54) is 51.4 Å². The minimum absolute atomic E-state index is 0.121. The largest absolute Gasteiger partial charge is 0.633 e. The van der Waals surface area contributed by atoms with Gasteiger partial charge in [0.05, 0.1) is 19.6 Å². The molecular formula is C15H31NO. The lowest BCUT2D eigenvalue weighted by molar-refractivity contribution is -0.885. The summed E-state index contributed by atoms with van der Waals surface area (Å²) in [6.45, 7) is 4.91. The van der Waals surface area contributed by atoms with Gasteiger partial charge in [-0.3, -0.25) is 0 Å². The van der Waals surface area contributed by atoms with Gasteiger partial charge in [0.25, 0.3) is 0 Å². The molecule has 0 aromatic carbocycles. The molecule has 0 spiro atoms. The van der Waals surface area contributed by atoms with Gasteiger partial charge < -0.3 is 9.85 Å². The van der Waals surface area contributed by atoms with Crippen molar-refractivity contribution in [3.63, 3.8) is 0 Å². The molecule has 0 aromatic rings. The predicted octanol–water partition coefficient (Wildman–Crippen LogP) is 4.63. The van der Waals surface area contributed by atoms with Crippen LogP contribution in [0.5, 0.6) is 0 Å². The first kappa shape index (κ1) is 15.0. The molecular weight excluding hydrogens is 210 g/mol. The average Bonchev–Trinajstić information content (AvgIpc) is 2.33. The van der Waals surface area contributed by atoms with Crippen molar-refractivity contribution in [2.24, 2.45) is 0 Å². The third-order valence-electron chi connectivity index (χ3n) is 4.05. The van der Waals surface area contributed by atoms with Gasteiger partial charge in [0.1, 0.15) is 0 Å². The number of nitrogens with zero attached hydrogens (tertiary/aromatic N) is 1. The standard InChI is InChI=1S/C15H31NO/c1-2-3-4-5-6-7-8-10-13-16(17)14-11-9-12-15-16/h2-15H2,1H3. The van der Waals surface area contributed by atoms with Gasteiger partial charge in [0.15, 0.2) is 0 Å². The molecule has 17 heavy (non-hydrogen) atoms. The lowest BCUT2D eigenvalue weighted by Crippen LogP contribution is -2.46. The molecule has 0 bridgehead atoms. The minimum atomic E-state index is 0.121. The van der Waals surface area contributed by atoms with E-state index < -0.39 is 0 Å². The van der Waals surface area contributed by atoms with Crippen LogP contribution in [0.1, 0.15) is 77.6 Å². The van der Waals surface area contributed by atoms with Gasteiger partial charge in [-0.05, 0) is 32.1 Å². The van der Waals surface area contributed by atoms with Crippen LogP contribution in [0.15, 0.2) is 0 Å². The van der Waals surface area contributed by atoms with Gasteiger partial charge in [-0.2, -0.15) is 0 Å². The maximum absolute atomic E-state index is 12.2. The van der Waals surface area contributed by atoms with Crippen LogP contribution in [0.2, 0.25) is 0 Å². The summed E-state index contributed by atoms with van der Waals surface area (Å²) in [4.78, 5) is 0. The molecule has 0 atom stereocenters. The van der Waals surface area contributed by atoms with Gasteiger partial charge in [0, 0.05) is 0 Å². The highest BCUT2D eigenvalue weighted by molar-refractivity contribution is 4.55. The van der Waals surface area contributed by atoms with Crippen LogP contribution < -0.4 is 0 Å². The van der Waals surface area contributed by atoms with Crippen LogP contribution >= 0.6 is 0 Å². The van der Waals surface area contributed by atoms with Crippen molar-refractivity contribution < 1.29 is 4.65 Å². The summed E-state index contributed by atoms with van der Waals surface area (Å²) in [6.07, 6.45) is 14.2. The third-order valence-corrected chi connectivity index (χ3v) is 4.05. The van der Waals surface area contributed by atoms with Gasteiger partial charge in [0.2, 0.25) is 0 Å². The number of likely N-dealkylation sites (tertiary alicyclic amines) is 1. The molecule has 0 unspecified atom stereocenters. The molecule has 1 aliphatic rings. The summed E-state index contributed by atoms with van der Waals surface area (Å²) in [5.74, 6) is 0. The predicted molar refractivity (Wildman–Crippen MR) is 74.7 cm³/mol. The highest BCUT2D eigenvalue weighted by Crippen LogP contribution is 2.19. The Kier molecular flexibility index (Phi) is 7.87. The second-order valence-electron chi connectivity index (χ2n) is 5.76. The van der Waals surface area contributed by atoms with Gasteiger partial charge in [-0.1, -0.05) is 45.4 Å². The van der Waals surface area contributed by atoms with Gasteiger partial charge in [-0.15, -0.1) is 0 Å². The number of unbranched alkanes of at least 4 members (excludes halogenated alkanes) is 7. The zero-order valence-corrected chi connectivity index (χ0v) is 11.8. The van der Waals surface area contributed by atoms with Crippen LogP contribution in [0.4, 0.5) is 0 Å². The van der Waals surface area contributed by atoms with Crippen molar-refractivity contribution in [2.45, 2.75) is 77.6 Å². The summed E-state index contributed by atoms with van der Waals surface area (Å²) in [6, 6.07) is 0. The molecule has 1 heterocycles. The fraction of sp³-hybridized carbons (Fsp3) is 1.00. The molecule has 1 fully saturated rings. The summed E-state index contributed by atoms with van der Waals surface area (Å²) in [5, 5.41) is 12.2. The molecule has 0 N–H and O–H groups in total. The van der Waals surface area contributed by atoms with Crippen molar-refractivity contribution in [1.29, 1.82) is 0 Å². The Hall–Kier alpha value is -0.0800. The van der Waals surface area contributed by atoms with Gasteiger partial charge >= 0.3 is 0 Å². The first-order chi connectivity index (χ1) is 8.27. The van der Waals surface area contributed by atoms with E-state index in [1.54, 1.807) is 0 Å². The highest BCUT2D eigenvalue weighted by atomic mass is 16.5. The molecule has 1 aliphatic heterocycles. The second-order valence-corrected chi connectivity index (χ2v) is 5.76. The Morgan fingerprint density at radius 1 is 0.765 bits per heavy atom. The Morgan fingerprint density at radius 3 is 1.88 bits per heavy atom. The SMILES string of the molecule is CCCCCCCCCC[N+]1([O-])CCCCC1. The van der Waals surface area contributed by atoms with Crippen molar-refractivity contribution in [3.05, 3.63) is 5.21 Å². The second kappa shape index (κ2) is 8.93. The molecule has 1 rings (SSSR count). The Labute approximate surface area is 108 Å². The maximum Gasteiger partial charge on any atom is 0.0783 e. The lowest BCUT2D eigenvalue weighted by Gasteiger charge is -2.45. The maximum atomic E-state index is 12.2. The molecule has 0 aromatic heterocycles. The van der Waals surface area contributed by atoms with Crippen molar-refractivity contribution in [3.8, 4) is 0 Å². The van der Waals surface area contributed by atoms with Crippen LogP contribution in [-0.4, -0.2) is 24.3 Å². The molecule has 1 saturated heterocycles. The Balaban J connectivity index is 1.89. The Morgan fingerprint density at radius 2 is 1.29 bits per heavy atom. The fourth-order valence-corrected chi connectivity index (χ4v) is 2.85.